The summed E-state index contributed by atoms with van der Waals surface area (Å²) in [7, 11) is 1.68. The second-order valence-corrected chi connectivity index (χ2v) is 9.01. The number of nitrogens with zero attached hydrogens (tertiary/aromatic N) is 3. The number of aliphatic carboxylic acids is 1. The Hall–Kier alpha value is -2.04. The Morgan fingerprint density at radius 1 is 1.56 bits per heavy atom. The van der Waals surface area contributed by atoms with Crippen molar-refractivity contribution in [2.75, 3.05) is 27.3 Å². The molecule has 0 saturated carbocycles. The van der Waals surface area contributed by atoms with Gasteiger partial charge in [-0.2, -0.15) is 0 Å². The van der Waals surface area contributed by atoms with Gasteiger partial charge in [-0.1, -0.05) is 20.3 Å². The van der Waals surface area contributed by atoms with Gasteiger partial charge in [0.2, 0.25) is 0 Å². The molecule has 1 aliphatic heterocycles. The minimum absolute atomic E-state index is 0.142. The molecule has 4 unspecified atom stereocenters. The molecule has 2 heterocycles. The second-order valence-electron chi connectivity index (χ2n) is 7.56. The zero-order valence-corrected chi connectivity index (χ0v) is 20.3. The van der Waals surface area contributed by atoms with Crippen molar-refractivity contribution in [1.82, 2.24) is 20.0 Å². The molecule has 12 heteroatoms. The van der Waals surface area contributed by atoms with Crippen LogP contribution in [-0.2, 0) is 18.6 Å². The monoisotopic (exact) mass is 470 g/mol. The van der Waals surface area contributed by atoms with Crippen molar-refractivity contribution in [3.05, 3.63) is 29.6 Å². The predicted molar refractivity (Wildman–Crippen MR) is 123 cm³/mol. The fraction of sp³-hybridized carbons (Fsp3) is 0.650. The van der Waals surface area contributed by atoms with E-state index in [1.54, 1.807) is 13.4 Å². The zero-order valence-electron chi connectivity index (χ0n) is 19.4. The van der Waals surface area contributed by atoms with Crippen LogP contribution in [-0.4, -0.2) is 59.9 Å². The van der Waals surface area contributed by atoms with E-state index in [4.69, 9.17) is 24.6 Å². The van der Waals surface area contributed by atoms with E-state index in [0.29, 0.717) is 18.3 Å². The Morgan fingerprint density at radius 2 is 2.31 bits per heavy atom. The van der Waals surface area contributed by atoms with E-state index in [0.717, 1.165) is 30.7 Å². The Kier molecular flexibility index (Phi) is 10.5. The van der Waals surface area contributed by atoms with Crippen LogP contribution in [0.3, 0.4) is 0 Å². The third-order valence-electron chi connectivity index (χ3n) is 5.04. The Bertz CT molecular complexity index is 814. The molecule has 0 spiro atoms. The summed E-state index contributed by atoms with van der Waals surface area (Å²) >= 11 is 0. The molecule has 1 aromatic rings. The molecule has 5 N–H and O–H groups in total. The van der Waals surface area contributed by atoms with Crippen molar-refractivity contribution < 1.29 is 23.7 Å². The maximum Gasteiger partial charge on any atom is 0.317 e. The molecule has 1 saturated heterocycles. The number of ether oxygens (including phenoxy) is 1. The topological polar surface area (TPSA) is 145 Å². The lowest BCUT2D eigenvalue weighted by Crippen LogP contribution is -2.29. The third-order valence-corrected chi connectivity index (χ3v) is 6.17. The molecule has 11 nitrogen and oxygen atoms in total. The molecule has 4 atom stereocenters. The number of unbranched alkanes of at least 4 members (excludes halogenated alkanes) is 1. The molecule has 2 rings (SSSR count). The molecule has 1 fully saturated rings. The van der Waals surface area contributed by atoms with E-state index in [9.17, 15) is 4.79 Å². The number of rotatable bonds is 12. The average molecular weight is 471 g/mol. The number of carbonyl (C=O) groups is 1. The summed E-state index contributed by atoms with van der Waals surface area (Å²) in [5.41, 5.74) is 7.69. The van der Waals surface area contributed by atoms with Gasteiger partial charge in [0, 0.05) is 25.8 Å². The highest BCUT2D eigenvalue weighted by Gasteiger charge is 2.35. The van der Waals surface area contributed by atoms with Gasteiger partial charge in [-0.25, -0.2) is 10.1 Å². The standard InChI is InChI=1S/C20H35N6O5P/c1-6-7-8-16(21)25-19(22-4)18-14(3)26(12-23-18)20-13(2)9-15(31-20)11-30-32(29-5)24-10-17(27)28/h8,12-13,15,20,24H,6-7,9-11,21H2,1-5H3,(H,22,25)(H,27,28)/b16-8+. The van der Waals surface area contributed by atoms with Crippen molar-refractivity contribution in [2.45, 2.75) is 52.4 Å². The number of hydrogen-bond donors (Lipinski definition) is 4. The fourth-order valence-electron chi connectivity index (χ4n) is 3.43. The smallest absolute Gasteiger partial charge is 0.317 e. The number of imidazole rings is 1. The highest BCUT2D eigenvalue weighted by atomic mass is 31.2. The molecule has 0 aliphatic carbocycles. The maximum absolute atomic E-state index is 10.7. The number of nitrogens with two attached hydrogens (primary N) is 1. The summed E-state index contributed by atoms with van der Waals surface area (Å²) in [5.74, 6) is 0.416. The van der Waals surface area contributed by atoms with E-state index in [-0.39, 0.29) is 24.8 Å². The van der Waals surface area contributed by atoms with Gasteiger partial charge in [-0.3, -0.25) is 9.79 Å². The number of allylic oxidation sites excluding steroid dienone is 1. The molecule has 180 valence electrons. The van der Waals surface area contributed by atoms with Gasteiger partial charge >= 0.3 is 5.97 Å². The number of aliphatic imine (C=N–C) groups is 1. The summed E-state index contributed by atoms with van der Waals surface area (Å²) in [4.78, 5) is 19.6. The lowest BCUT2D eigenvalue weighted by Gasteiger charge is -2.20. The van der Waals surface area contributed by atoms with Crippen molar-refractivity contribution in [2.24, 2.45) is 16.6 Å². The lowest BCUT2D eigenvalue weighted by molar-refractivity contribution is -0.135. The summed E-state index contributed by atoms with van der Waals surface area (Å²) in [6.07, 6.45) is 6.04. The summed E-state index contributed by atoms with van der Waals surface area (Å²) in [5, 5.41) is 14.6. The molecule has 32 heavy (non-hydrogen) atoms. The molecule has 1 aromatic heterocycles. The van der Waals surface area contributed by atoms with Gasteiger partial charge in [0.15, 0.2) is 5.84 Å². The van der Waals surface area contributed by atoms with Crippen LogP contribution in [0.5, 0.6) is 0 Å². The quantitative estimate of drug-likeness (QED) is 0.205. The molecule has 1 aliphatic rings. The van der Waals surface area contributed by atoms with Crippen LogP contribution < -0.4 is 16.1 Å². The van der Waals surface area contributed by atoms with Crippen molar-refractivity contribution in [1.29, 1.82) is 0 Å². The van der Waals surface area contributed by atoms with Crippen LogP contribution in [0.4, 0.5) is 0 Å². The van der Waals surface area contributed by atoms with Crippen molar-refractivity contribution >= 4 is 20.3 Å². The van der Waals surface area contributed by atoms with Gasteiger partial charge in [0.25, 0.3) is 8.53 Å². The summed E-state index contributed by atoms with van der Waals surface area (Å²) < 4.78 is 19.1. The van der Waals surface area contributed by atoms with E-state index in [1.807, 2.05) is 17.6 Å². The van der Waals surface area contributed by atoms with E-state index in [2.05, 4.69) is 34.2 Å². The Balaban J connectivity index is 2.02. The van der Waals surface area contributed by atoms with Crippen LogP contribution in [0.15, 0.2) is 23.2 Å². The Labute approximate surface area is 190 Å². The normalized spacial score (nSPS) is 22.8. The number of carboxylic acids is 1. The van der Waals surface area contributed by atoms with Gasteiger partial charge in [0.1, 0.15) is 18.5 Å². The fourth-order valence-corrected chi connectivity index (χ4v) is 4.32. The summed E-state index contributed by atoms with van der Waals surface area (Å²) in [6.45, 7) is 6.25. The minimum atomic E-state index is -1.49. The predicted octanol–water partition coefficient (Wildman–Crippen LogP) is 2.25. The third kappa shape index (κ3) is 7.25. The molecule has 0 aromatic carbocycles. The molecule has 0 amide bonds. The van der Waals surface area contributed by atoms with Gasteiger partial charge in [0.05, 0.1) is 24.9 Å². The second kappa shape index (κ2) is 12.9. The van der Waals surface area contributed by atoms with Crippen LogP contribution in [0, 0.1) is 12.8 Å². The van der Waals surface area contributed by atoms with Crippen LogP contribution in [0.2, 0.25) is 0 Å². The van der Waals surface area contributed by atoms with Crippen LogP contribution in [0.25, 0.3) is 0 Å². The highest BCUT2D eigenvalue weighted by Crippen LogP contribution is 2.38. The largest absolute Gasteiger partial charge is 0.480 e. The molecule has 0 bridgehead atoms. The van der Waals surface area contributed by atoms with E-state index >= 15 is 0 Å². The average Bonchev–Trinajstić information content (AvgIpc) is 3.32. The number of nitrogens with one attached hydrogen (secondary N) is 2. The number of carboxylic acid groups (broad SMARTS) is 1. The Morgan fingerprint density at radius 3 is 2.94 bits per heavy atom. The zero-order chi connectivity index (χ0) is 23.7. The number of amidine groups is 1. The number of hydrogen-bond acceptors (Lipinski definition) is 8. The minimum Gasteiger partial charge on any atom is -0.480 e. The van der Waals surface area contributed by atoms with Gasteiger partial charge < -0.3 is 34.5 Å². The first-order chi connectivity index (χ1) is 15.3. The van der Waals surface area contributed by atoms with Crippen LogP contribution in [0.1, 0.15) is 50.7 Å². The SMILES string of the molecule is CCC/C=C(\N)NC(=NC)c1ncn(C2OC(COP(NCC(=O)O)OC)CC2C)c1C. The first-order valence-corrected chi connectivity index (χ1v) is 11.8. The molecule has 0 radical (unpaired) electrons. The molecular weight excluding hydrogens is 435 g/mol. The lowest BCUT2D eigenvalue weighted by atomic mass is 10.1. The summed E-state index contributed by atoms with van der Waals surface area (Å²) in [6, 6.07) is 0. The maximum atomic E-state index is 10.7. The van der Waals surface area contributed by atoms with E-state index in [1.165, 1.54) is 7.11 Å². The van der Waals surface area contributed by atoms with E-state index < -0.39 is 14.5 Å². The van der Waals surface area contributed by atoms with Crippen molar-refractivity contribution in [3.63, 3.8) is 0 Å². The molecular formula is C20H35N6O5P. The number of aromatic nitrogens is 2. The van der Waals surface area contributed by atoms with Crippen molar-refractivity contribution in [3.8, 4) is 0 Å². The van der Waals surface area contributed by atoms with Crippen LogP contribution >= 0.6 is 8.53 Å². The van der Waals surface area contributed by atoms with Gasteiger partial charge in [-0.15, -0.1) is 0 Å². The first kappa shape index (κ1) is 26.2. The highest BCUT2D eigenvalue weighted by molar-refractivity contribution is 7.44. The van der Waals surface area contributed by atoms with Gasteiger partial charge in [-0.05, 0) is 25.8 Å². The first-order valence-electron chi connectivity index (χ1n) is 10.6.